The molecule has 0 aromatic carbocycles. The van der Waals surface area contributed by atoms with Crippen molar-refractivity contribution < 1.29 is 19.4 Å². The molecular formula is C12H18N2O4. The SMILES string of the molecule is COCCN(CCOC)c1ccnc(C(=O)O)c1. The van der Waals surface area contributed by atoms with Crippen molar-refractivity contribution in [2.45, 2.75) is 0 Å². The van der Waals surface area contributed by atoms with Crippen LogP contribution in [0.4, 0.5) is 5.69 Å². The normalized spacial score (nSPS) is 10.3. The summed E-state index contributed by atoms with van der Waals surface area (Å²) in [5.41, 5.74) is 0.837. The molecule has 0 saturated carbocycles. The number of rotatable bonds is 8. The highest BCUT2D eigenvalue weighted by molar-refractivity contribution is 5.86. The zero-order chi connectivity index (χ0) is 13.4. The van der Waals surface area contributed by atoms with Crippen molar-refractivity contribution in [3.63, 3.8) is 0 Å². The third kappa shape index (κ3) is 4.31. The molecule has 1 aromatic heterocycles. The Hall–Kier alpha value is -1.66. The second-order valence-corrected chi connectivity index (χ2v) is 3.68. The van der Waals surface area contributed by atoms with E-state index in [1.807, 2.05) is 4.90 Å². The van der Waals surface area contributed by atoms with E-state index in [1.165, 1.54) is 6.20 Å². The number of hydrogen-bond donors (Lipinski definition) is 1. The number of carbonyl (C=O) groups is 1. The molecule has 0 unspecified atom stereocenters. The number of pyridine rings is 1. The lowest BCUT2D eigenvalue weighted by atomic mass is 10.3. The molecule has 0 atom stereocenters. The van der Waals surface area contributed by atoms with Gasteiger partial charge in [-0.15, -0.1) is 0 Å². The van der Waals surface area contributed by atoms with Gasteiger partial charge in [0.2, 0.25) is 0 Å². The minimum atomic E-state index is -1.03. The van der Waals surface area contributed by atoms with E-state index in [4.69, 9.17) is 14.6 Å². The van der Waals surface area contributed by atoms with Gasteiger partial charge in [0.25, 0.3) is 0 Å². The number of carboxylic acid groups (broad SMARTS) is 1. The first kappa shape index (κ1) is 14.4. The van der Waals surface area contributed by atoms with Crippen LogP contribution in [0.25, 0.3) is 0 Å². The fraction of sp³-hybridized carbons (Fsp3) is 0.500. The lowest BCUT2D eigenvalue weighted by Gasteiger charge is -2.24. The summed E-state index contributed by atoms with van der Waals surface area (Å²) >= 11 is 0. The topological polar surface area (TPSA) is 71.9 Å². The van der Waals surface area contributed by atoms with Crippen LogP contribution in [-0.4, -0.2) is 56.6 Å². The average molecular weight is 254 g/mol. The molecule has 1 heterocycles. The van der Waals surface area contributed by atoms with Crippen molar-refractivity contribution >= 4 is 11.7 Å². The molecule has 100 valence electrons. The van der Waals surface area contributed by atoms with Gasteiger partial charge in [-0.2, -0.15) is 0 Å². The molecule has 0 fully saturated rings. The number of nitrogens with zero attached hydrogens (tertiary/aromatic N) is 2. The van der Waals surface area contributed by atoms with E-state index in [9.17, 15) is 4.79 Å². The number of aromatic carboxylic acids is 1. The van der Waals surface area contributed by atoms with Crippen molar-refractivity contribution in [3.8, 4) is 0 Å². The number of aromatic nitrogens is 1. The van der Waals surface area contributed by atoms with Crippen LogP contribution < -0.4 is 4.90 Å². The van der Waals surface area contributed by atoms with Crippen LogP contribution in [0, 0.1) is 0 Å². The second-order valence-electron chi connectivity index (χ2n) is 3.68. The summed E-state index contributed by atoms with van der Waals surface area (Å²) in [6, 6.07) is 3.32. The Morgan fingerprint density at radius 3 is 2.44 bits per heavy atom. The van der Waals surface area contributed by atoms with Crippen LogP contribution in [0.3, 0.4) is 0 Å². The molecule has 18 heavy (non-hydrogen) atoms. The van der Waals surface area contributed by atoms with E-state index < -0.39 is 5.97 Å². The molecule has 0 aliphatic rings. The van der Waals surface area contributed by atoms with Gasteiger partial charge in [0.05, 0.1) is 13.2 Å². The zero-order valence-corrected chi connectivity index (χ0v) is 10.6. The second kappa shape index (κ2) is 7.62. The summed E-state index contributed by atoms with van der Waals surface area (Å²) < 4.78 is 10.1. The van der Waals surface area contributed by atoms with E-state index in [0.717, 1.165) is 5.69 Å². The first-order valence-electron chi connectivity index (χ1n) is 5.61. The zero-order valence-electron chi connectivity index (χ0n) is 10.6. The van der Waals surface area contributed by atoms with Gasteiger partial charge >= 0.3 is 5.97 Å². The molecule has 0 aliphatic heterocycles. The Morgan fingerprint density at radius 2 is 1.94 bits per heavy atom. The monoisotopic (exact) mass is 254 g/mol. The molecule has 1 N–H and O–H groups in total. The van der Waals surface area contributed by atoms with Crippen molar-refractivity contribution in [3.05, 3.63) is 24.0 Å². The van der Waals surface area contributed by atoms with Gasteiger partial charge < -0.3 is 19.5 Å². The van der Waals surface area contributed by atoms with Crippen LogP contribution >= 0.6 is 0 Å². The van der Waals surface area contributed by atoms with Crippen LogP contribution in [0.1, 0.15) is 10.5 Å². The molecule has 6 heteroatoms. The number of anilines is 1. The van der Waals surface area contributed by atoms with Crippen LogP contribution in [-0.2, 0) is 9.47 Å². The molecular weight excluding hydrogens is 236 g/mol. The summed E-state index contributed by atoms with van der Waals surface area (Å²) in [6.07, 6.45) is 1.49. The summed E-state index contributed by atoms with van der Waals surface area (Å²) in [6.45, 7) is 2.47. The Balaban J connectivity index is 2.82. The molecule has 6 nitrogen and oxygen atoms in total. The van der Waals surface area contributed by atoms with Gasteiger partial charge in [0.1, 0.15) is 5.69 Å². The Labute approximate surface area is 106 Å². The molecule has 1 rings (SSSR count). The average Bonchev–Trinajstić information content (AvgIpc) is 2.39. The molecule has 1 aromatic rings. The fourth-order valence-electron chi connectivity index (χ4n) is 1.51. The number of methoxy groups -OCH3 is 2. The van der Waals surface area contributed by atoms with Gasteiger partial charge in [-0.3, -0.25) is 0 Å². The van der Waals surface area contributed by atoms with Gasteiger partial charge in [-0.05, 0) is 12.1 Å². The lowest BCUT2D eigenvalue weighted by Crippen LogP contribution is -2.30. The standard InChI is InChI=1S/C12H18N2O4/c1-17-7-5-14(6-8-18-2)10-3-4-13-11(9-10)12(15)16/h3-4,9H,5-8H2,1-2H3,(H,15,16). The Bertz CT molecular complexity index is 376. The minimum absolute atomic E-state index is 0.0346. The highest BCUT2D eigenvalue weighted by atomic mass is 16.5. The number of ether oxygens (including phenoxy) is 2. The summed E-state index contributed by atoms with van der Waals surface area (Å²) in [7, 11) is 3.26. The van der Waals surface area contributed by atoms with Crippen molar-refractivity contribution in [1.82, 2.24) is 4.98 Å². The van der Waals surface area contributed by atoms with E-state index in [0.29, 0.717) is 26.3 Å². The molecule has 0 spiro atoms. The predicted molar refractivity (Wildman–Crippen MR) is 67.2 cm³/mol. The largest absolute Gasteiger partial charge is 0.477 e. The van der Waals surface area contributed by atoms with E-state index in [-0.39, 0.29) is 5.69 Å². The van der Waals surface area contributed by atoms with Gasteiger partial charge in [0.15, 0.2) is 0 Å². The molecule has 0 aliphatic carbocycles. The van der Waals surface area contributed by atoms with Gasteiger partial charge in [-0.1, -0.05) is 0 Å². The minimum Gasteiger partial charge on any atom is -0.477 e. The smallest absolute Gasteiger partial charge is 0.354 e. The first-order chi connectivity index (χ1) is 8.69. The molecule has 0 saturated heterocycles. The maximum absolute atomic E-state index is 10.9. The molecule has 0 bridgehead atoms. The van der Waals surface area contributed by atoms with E-state index in [2.05, 4.69) is 4.98 Å². The van der Waals surface area contributed by atoms with Crippen molar-refractivity contribution in [1.29, 1.82) is 0 Å². The number of hydrogen-bond acceptors (Lipinski definition) is 5. The maximum atomic E-state index is 10.9. The lowest BCUT2D eigenvalue weighted by molar-refractivity contribution is 0.0690. The number of carboxylic acids is 1. The van der Waals surface area contributed by atoms with Crippen LogP contribution in [0.2, 0.25) is 0 Å². The molecule has 0 amide bonds. The third-order valence-corrected chi connectivity index (χ3v) is 2.46. The third-order valence-electron chi connectivity index (χ3n) is 2.46. The van der Waals surface area contributed by atoms with Crippen LogP contribution in [0.5, 0.6) is 0 Å². The van der Waals surface area contributed by atoms with Crippen molar-refractivity contribution in [2.24, 2.45) is 0 Å². The van der Waals surface area contributed by atoms with Crippen LogP contribution in [0.15, 0.2) is 18.3 Å². The summed E-state index contributed by atoms with van der Waals surface area (Å²) in [5, 5.41) is 8.91. The van der Waals surface area contributed by atoms with Gasteiger partial charge in [0, 0.05) is 39.2 Å². The first-order valence-corrected chi connectivity index (χ1v) is 5.61. The fourth-order valence-corrected chi connectivity index (χ4v) is 1.51. The van der Waals surface area contributed by atoms with E-state index in [1.54, 1.807) is 26.4 Å². The quantitative estimate of drug-likeness (QED) is 0.742. The van der Waals surface area contributed by atoms with Crippen molar-refractivity contribution in [2.75, 3.05) is 45.4 Å². The highest BCUT2D eigenvalue weighted by Crippen LogP contribution is 2.14. The Kier molecular flexibility index (Phi) is 6.10. The predicted octanol–water partition coefficient (Wildman–Crippen LogP) is 0.879. The Morgan fingerprint density at radius 1 is 1.33 bits per heavy atom. The highest BCUT2D eigenvalue weighted by Gasteiger charge is 2.10. The summed E-state index contributed by atoms with van der Waals surface area (Å²) in [4.78, 5) is 16.7. The summed E-state index contributed by atoms with van der Waals surface area (Å²) in [5.74, 6) is -1.03. The maximum Gasteiger partial charge on any atom is 0.354 e. The van der Waals surface area contributed by atoms with Gasteiger partial charge in [-0.25, -0.2) is 9.78 Å². The van der Waals surface area contributed by atoms with E-state index >= 15 is 0 Å². The molecule has 0 radical (unpaired) electrons.